The van der Waals surface area contributed by atoms with Crippen molar-refractivity contribution in [3.63, 3.8) is 0 Å². The van der Waals surface area contributed by atoms with Crippen LogP contribution >= 0.6 is 11.9 Å². The first-order chi connectivity index (χ1) is 5.42. The Hall–Kier alpha value is -0.630. The number of nitrogens with one attached hydrogen (secondary N) is 1. The van der Waals surface area contributed by atoms with Crippen LogP contribution < -0.4 is 10.5 Å². The summed E-state index contributed by atoms with van der Waals surface area (Å²) in [7, 11) is 0. The first-order valence-corrected chi connectivity index (χ1v) is 3.63. The molecule has 0 aliphatic heterocycles. The van der Waals surface area contributed by atoms with Crippen LogP contribution in [0.3, 0.4) is 0 Å². The van der Waals surface area contributed by atoms with E-state index >= 15 is 0 Å². The van der Waals surface area contributed by atoms with Gasteiger partial charge in [-0.05, 0) is 0 Å². The van der Waals surface area contributed by atoms with Gasteiger partial charge >= 0.3 is 11.6 Å². The van der Waals surface area contributed by atoms with Gasteiger partial charge in [-0.15, -0.1) is 0 Å². The average Bonchev–Trinajstić information content (AvgIpc) is 1.83. The van der Waals surface area contributed by atoms with E-state index in [4.69, 9.17) is 0 Å². The summed E-state index contributed by atoms with van der Waals surface area (Å²) in [6.45, 7) is -0.286. The number of rotatable bonds is 4. The van der Waals surface area contributed by atoms with Gasteiger partial charge in [0.2, 0.25) is 0 Å². The Kier molecular flexibility index (Phi) is 4.83. The third kappa shape index (κ3) is 9.37. The van der Waals surface area contributed by atoms with Gasteiger partial charge in [0.1, 0.15) is 6.61 Å². The maximum atomic E-state index is 11.4. The Morgan fingerprint density at radius 3 is 2.58 bits per heavy atom. The second-order valence-corrected chi connectivity index (χ2v) is 2.57. The first kappa shape index (κ1) is 11.4. The molecule has 0 aromatic rings. The topological polar surface area (TPSA) is 64.4 Å². The lowest BCUT2D eigenvalue weighted by Gasteiger charge is -2.05. The third-order valence-electron chi connectivity index (χ3n) is 0.636. The minimum absolute atomic E-state index is 0.104. The summed E-state index contributed by atoms with van der Waals surface area (Å²) in [5.41, 5.74) is 0.216. The van der Waals surface area contributed by atoms with Crippen molar-refractivity contribution in [3.8, 4) is 0 Å². The van der Waals surface area contributed by atoms with E-state index in [0.29, 0.717) is 0 Å². The van der Waals surface area contributed by atoms with Crippen LogP contribution in [0.1, 0.15) is 0 Å². The Balaban J connectivity index is 3.17. The van der Waals surface area contributed by atoms with Crippen LogP contribution in [0.4, 0.5) is 18.0 Å². The molecule has 0 saturated heterocycles. The van der Waals surface area contributed by atoms with E-state index in [1.54, 1.807) is 0 Å². The number of hydrogen-bond donors (Lipinski definition) is 2. The molecular weight excluding hydrogens is 197 g/mol. The van der Waals surface area contributed by atoms with Crippen molar-refractivity contribution in [2.45, 2.75) is 5.51 Å². The van der Waals surface area contributed by atoms with Crippen molar-refractivity contribution >= 4 is 18.0 Å². The minimum atomic E-state index is -4.33. The molecule has 72 valence electrons. The summed E-state index contributed by atoms with van der Waals surface area (Å²) >= 11 is -0.397. The van der Waals surface area contributed by atoms with E-state index in [0.717, 1.165) is 0 Å². The fourth-order valence-electron chi connectivity index (χ4n) is 0.326. The Morgan fingerprint density at radius 1 is 1.58 bits per heavy atom. The van der Waals surface area contributed by atoms with Crippen molar-refractivity contribution < 1.29 is 22.7 Å². The Bertz CT molecular complexity index is 152. The second kappa shape index (κ2) is 5.09. The molecule has 0 fully saturated rings. The van der Waals surface area contributed by atoms with Gasteiger partial charge in [0.15, 0.2) is 0 Å². The Labute approximate surface area is 70.8 Å². The lowest BCUT2D eigenvalue weighted by molar-refractivity contribution is -0.0336. The van der Waals surface area contributed by atoms with Gasteiger partial charge in [0, 0.05) is 18.5 Å². The molecule has 1 amide bonds. The van der Waals surface area contributed by atoms with Gasteiger partial charge in [-0.25, -0.2) is 4.79 Å². The lowest BCUT2D eigenvalue weighted by atomic mass is 10.7. The molecule has 0 spiro atoms. The molecule has 0 rings (SSSR count). The number of carbonyl (C=O) groups excluding carboxylic acids is 1. The van der Waals surface area contributed by atoms with Crippen LogP contribution in [0.2, 0.25) is 0 Å². The number of alkyl halides is 3. The fraction of sp³-hybridized carbons (Fsp3) is 0.750. The van der Waals surface area contributed by atoms with E-state index in [9.17, 15) is 18.0 Å². The van der Waals surface area contributed by atoms with Crippen LogP contribution in [0.15, 0.2) is 0 Å². The van der Waals surface area contributed by atoms with Crippen molar-refractivity contribution in [1.82, 2.24) is 4.72 Å². The normalized spacial score (nSPS) is 11.2. The summed E-state index contributed by atoms with van der Waals surface area (Å²) in [4.78, 5) is 9.90. The number of primary amides is 1. The summed E-state index contributed by atoms with van der Waals surface area (Å²) in [5.74, 6) is 0. The summed E-state index contributed by atoms with van der Waals surface area (Å²) in [6, 6.07) is 0. The molecule has 0 radical (unpaired) electrons. The fourth-order valence-corrected chi connectivity index (χ4v) is 0.675. The van der Waals surface area contributed by atoms with E-state index < -0.39 is 23.5 Å². The van der Waals surface area contributed by atoms with Gasteiger partial charge in [0.25, 0.3) is 0 Å². The minimum Gasteiger partial charge on any atom is -0.448 e. The summed E-state index contributed by atoms with van der Waals surface area (Å²) in [6.07, 6.45) is -1.01. The molecule has 0 heterocycles. The predicted octanol–water partition coefficient (Wildman–Crippen LogP) is 0.839. The smallest absolute Gasteiger partial charge is 0.448 e. The third-order valence-corrected chi connectivity index (χ3v) is 1.22. The van der Waals surface area contributed by atoms with Crippen LogP contribution in [0, 0.1) is 0 Å². The van der Waals surface area contributed by atoms with E-state index in [1.165, 1.54) is 0 Å². The van der Waals surface area contributed by atoms with Gasteiger partial charge in [0.05, 0.1) is 0 Å². The number of ether oxygens (including phenoxy) is 1. The maximum absolute atomic E-state index is 11.4. The van der Waals surface area contributed by atoms with E-state index in [-0.39, 0.29) is 13.2 Å². The molecule has 0 atom stereocenters. The van der Waals surface area contributed by atoms with E-state index in [1.807, 2.05) is 4.72 Å². The van der Waals surface area contributed by atoms with Crippen LogP contribution in [-0.4, -0.2) is 24.8 Å². The molecule has 12 heavy (non-hydrogen) atoms. The molecule has 0 unspecified atom stereocenters. The van der Waals surface area contributed by atoms with Gasteiger partial charge in [-0.1, -0.05) is 0 Å². The number of nitrogens with two attached hydrogens (primary N) is 1. The molecule has 0 aliphatic carbocycles. The molecule has 0 aromatic carbocycles. The zero-order valence-electron chi connectivity index (χ0n) is 5.85. The first-order valence-electron chi connectivity index (χ1n) is 2.81. The monoisotopic (exact) mass is 204 g/mol. The van der Waals surface area contributed by atoms with Crippen LogP contribution in [-0.2, 0) is 4.74 Å². The molecule has 8 heteroatoms. The zero-order valence-corrected chi connectivity index (χ0v) is 6.67. The van der Waals surface area contributed by atoms with Crippen molar-refractivity contribution in [2.75, 3.05) is 13.2 Å². The number of amides is 1. The maximum Gasteiger partial charge on any atom is 0.456 e. The van der Waals surface area contributed by atoms with Crippen molar-refractivity contribution in [1.29, 1.82) is 0 Å². The van der Waals surface area contributed by atoms with E-state index in [2.05, 4.69) is 10.5 Å². The van der Waals surface area contributed by atoms with Crippen molar-refractivity contribution in [2.24, 2.45) is 5.73 Å². The lowest BCUT2D eigenvalue weighted by Crippen LogP contribution is -2.22. The number of halogens is 3. The highest BCUT2D eigenvalue weighted by Crippen LogP contribution is 2.26. The Morgan fingerprint density at radius 2 is 2.17 bits per heavy atom. The van der Waals surface area contributed by atoms with Gasteiger partial charge in [-0.3, -0.25) is 4.72 Å². The SMILES string of the molecule is NC(=O)OCCNSC(F)(F)F. The molecule has 4 nitrogen and oxygen atoms in total. The number of hydrogen-bond acceptors (Lipinski definition) is 4. The molecule has 3 N–H and O–H groups in total. The van der Waals surface area contributed by atoms with Gasteiger partial charge in [-0.2, -0.15) is 13.2 Å². The van der Waals surface area contributed by atoms with Gasteiger partial charge < -0.3 is 10.5 Å². The highest BCUT2D eigenvalue weighted by molar-refractivity contribution is 7.98. The average molecular weight is 204 g/mol. The largest absolute Gasteiger partial charge is 0.456 e. The predicted molar refractivity (Wildman–Crippen MR) is 37.2 cm³/mol. The quantitative estimate of drug-likeness (QED) is 0.526. The van der Waals surface area contributed by atoms with Crippen LogP contribution in [0.25, 0.3) is 0 Å². The molecule has 0 saturated carbocycles. The molecule has 0 aromatic heterocycles. The van der Waals surface area contributed by atoms with Crippen LogP contribution in [0.5, 0.6) is 0 Å². The standard InChI is InChI=1S/C4H7F3N2O2S/c5-4(6,7)12-9-1-2-11-3(8)10/h9H,1-2H2,(H2,8,10). The summed E-state index contributed by atoms with van der Waals surface area (Å²) in [5, 5.41) is 0. The highest BCUT2D eigenvalue weighted by Gasteiger charge is 2.28. The highest BCUT2D eigenvalue weighted by atomic mass is 32.2. The zero-order chi connectivity index (χ0) is 9.61. The molecule has 0 aliphatic rings. The number of carbonyl (C=O) groups is 1. The molecule has 0 bridgehead atoms. The molecular formula is C4H7F3N2O2S. The summed E-state index contributed by atoms with van der Waals surface area (Å²) < 4.78 is 40.3. The second-order valence-electron chi connectivity index (χ2n) is 1.61. The van der Waals surface area contributed by atoms with Crippen molar-refractivity contribution in [3.05, 3.63) is 0 Å².